The van der Waals surface area contributed by atoms with E-state index >= 15 is 0 Å². The zero-order valence-electron chi connectivity index (χ0n) is 9.04. The van der Waals surface area contributed by atoms with Crippen molar-refractivity contribution in [3.63, 3.8) is 0 Å². The lowest BCUT2D eigenvalue weighted by Crippen LogP contribution is -2.35. The Labute approximate surface area is 84.7 Å². The van der Waals surface area contributed by atoms with Gasteiger partial charge in [0.2, 0.25) is 5.91 Å². The molecule has 0 aliphatic carbocycles. The molecule has 1 unspecified atom stereocenters. The molecule has 14 heavy (non-hydrogen) atoms. The summed E-state index contributed by atoms with van der Waals surface area (Å²) in [6, 6.07) is -0.229. The second kappa shape index (κ2) is 6.40. The molecule has 1 atom stereocenters. The first kappa shape index (κ1) is 12.9. The van der Waals surface area contributed by atoms with E-state index in [4.69, 9.17) is 5.11 Å². The van der Waals surface area contributed by atoms with Gasteiger partial charge in [-0.25, -0.2) is 0 Å². The van der Waals surface area contributed by atoms with Crippen LogP contribution < -0.4 is 5.32 Å². The van der Waals surface area contributed by atoms with Crippen LogP contribution in [-0.4, -0.2) is 23.0 Å². The molecule has 0 rings (SSSR count). The van der Waals surface area contributed by atoms with E-state index in [1.54, 1.807) is 0 Å². The van der Waals surface area contributed by atoms with Crippen molar-refractivity contribution in [3.8, 4) is 0 Å². The fraction of sp³-hybridized carbons (Fsp3) is 0.800. The summed E-state index contributed by atoms with van der Waals surface area (Å²) in [5, 5.41) is 11.3. The number of aliphatic carboxylic acids is 1. The van der Waals surface area contributed by atoms with E-state index in [-0.39, 0.29) is 18.4 Å². The lowest BCUT2D eigenvalue weighted by Gasteiger charge is -2.16. The summed E-state index contributed by atoms with van der Waals surface area (Å²) in [6.45, 7) is 5.56. The average Bonchev–Trinajstić information content (AvgIpc) is 1.97. The van der Waals surface area contributed by atoms with E-state index in [2.05, 4.69) is 19.2 Å². The molecule has 0 aromatic carbocycles. The lowest BCUT2D eigenvalue weighted by atomic mass is 10.0. The maximum absolute atomic E-state index is 10.8. The summed E-state index contributed by atoms with van der Waals surface area (Å²) in [5.74, 6) is -0.507. The van der Waals surface area contributed by atoms with Crippen LogP contribution in [0, 0.1) is 5.92 Å². The first-order valence-corrected chi connectivity index (χ1v) is 4.90. The fourth-order valence-electron chi connectivity index (χ4n) is 1.26. The lowest BCUT2D eigenvalue weighted by molar-refractivity contribution is -0.137. The van der Waals surface area contributed by atoms with Crippen LogP contribution in [0.25, 0.3) is 0 Å². The molecule has 2 N–H and O–H groups in total. The Hall–Kier alpha value is -1.06. The van der Waals surface area contributed by atoms with Crippen molar-refractivity contribution in [2.45, 2.75) is 46.1 Å². The molecule has 0 heterocycles. The van der Waals surface area contributed by atoms with Crippen LogP contribution in [0.4, 0.5) is 0 Å². The Bertz CT molecular complexity index is 186. The van der Waals surface area contributed by atoms with Gasteiger partial charge in [0.05, 0.1) is 6.42 Å². The molecule has 0 aliphatic heterocycles. The highest BCUT2D eigenvalue weighted by molar-refractivity contribution is 5.74. The maximum atomic E-state index is 10.8. The fourth-order valence-corrected chi connectivity index (χ4v) is 1.26. The summed E-state index contributed by atoms with van der Waals surface area (Å²) in [5.41, 5.74) is 0. The van der Waals surface area contributed by atoms with Crippen LogP contribution >= 0.6 is 0 Å². The molecule has 0 bridgehead atoms. The maximum Gasteiger partial charge on any atom is 0.305 e. The summed E-state index contributed by atoms with van der Waals surface area (Å²) in [7, 11) is 0. The van der Waals surface area contributed by atoms with Gasteiger partial charge in [0.1, 0.15) is 0 Å². The van der Waals surface area contributed by atoms with E-state index in [9.17, 15) is 9.59 Å². The number of carboxylic acid groups (broad SMARTS) is 1. The molecule has 0 aromatic rings. The van der Waals surface area contributed by atoms with E-state index in [0.717, 1.165) is 12.8 Å². The SMILES string of the molecule is CC(=O)NC(CCC(C)C)CC(=O)O. The minimum Gasteiger partial charge on any atom is -0.481 e. The predicted octanol–water partition coefficient (Wildman–Crippen LogP) is 1.40. The summed E-state index contributed by atoms with van der Waals surface area (Å²) in [6.07, 6.45) is 1.66. The Morgan fingerprint density at radius 1 is 1.29 bits per heavy atom. The molecular weight excluding hydrogens is 182 g/mol. The number of carboxylic acids is 1. The predicted molar refractivity (Wildman–Crippen MR) is 53.9 cm³/mol. The highest BCUT2D eigenvalue weighted by Gasteiger charge is 2.14. The molecule has 0 aliphatic rings. The van der Waals surface area contributed by atoms with Crippen LogP contribution in [0.15, 0.2) is 0 Å². The summed E-state index contributed by atoms with van der Waals surface area (Å²) >= 11 is 0. The van der Waals surface area contributed by atoms with Crippen molar-refractivity contribution in [3.05, 3.63) is 0 Å². The van der Waals surface area contributed by atoms with Gasteiger partial charge in [-0.1, -0.05) is 13.8 Å². The second-order valence-corrected chi connectivity index (χ2v) is 3.97. The van der Waals surface area contributed by atoms with Gasteiger partial charge in [0.25, 0.3) is 0 Å². The monoisotopic (exact) mass is 201 g/mol. The molecule has 0 spiro atoms. The zero-order chi connectivity index (χ0) is 11.1. The number of amides is 1. The Kier molecular flexibility index (Phi) is 5.92. The van der Waals surface area contributed by atoms with Crippen LogP contribution in [0.1, 0.15) is 40.0 Å². The first-order valence-electron chi connectivity index (χ1n) is 4.90. The standard InChI is InChI=1S/C10H19NO3/c1-7(2)4-5-9(6-10(13)14)11-8(3)12/h7,9H,4-6H2,1-3H3,(H,11,12)(H,13,14). The molecule has 0 saturated heterocycles. The number of hydrogen-bond donors (Lipinski definition) is 2. The first-order chi connectivity index (χ1) is 6.41. The molecule has 4 nitrogen and oxygen atoms in total. The summed E-state index contributed by atoms with van der Waals surface area (Å²) in [4.78, 5) is 21.3. The van der Waals surface area contributed by atoms with Gasteiger partial charge < -0.3 is 10.4 Å². The van der Waals surface area contributed by atoms with Crippen LogP contribution in [0.3, 0.4) is 0 Å². The quantitative estimate of drug-likeness (QED) is 0.682. The number of rotatable bonds is 6. The number of hydrogen-bond acceptors (Lipinski definition) is 2. The molecule has 0 aromatic heterocycles. The van der Waals surface area contributed by atoms with Gasteiger partial charge in [-0.05, 0) is 18.8 Å². The Balaban J connectivity index is 3.96. The molecule has 1 amide bonds. The Morgan fingerprint density at radius 2 is 1.86 bits per heavy atom. The third-order valence-corrected chi connectivity index (χ3v) is 1.92. The van der Waals surface area contributed by atoms with Crippen molar-refractivity contribution in [2.75, 3.05) is 0 Å². The molecule has 0 radical (unpaired) electrons. The van der Waals surface area contributed by atoms with Gasteiger partial charge in [-0.15, -0.1) is 0 Å². The molecule has 0 fully saturated rings. The Morgan fingerprint density at radius 3 is 2.21 bits per heavy atom. The van der Waals surface area contributed by atoms with Crippen molar-refractivity contribution in [1.29, 1.82) is 0 Å². The highest BCUT2D eigenvalue weighted by Crippen LogP contribution is 2.09. The van der Waals surface area contributed by atoms with Crippen molar-refractivity contribution in [2.24, 2.45) is 5.92 Å². The van der Waals surface area contributed by atoms with E-state index in [1.165, 1.54) is 6.92 Å². The van der Waals surface area contributed by atoms with E-state index in [0.29, 0.717) is 5.92 Å². The van der Waals surface area contributed by atoms with Crippen LogP contribution in [0.2, 0.25) is 0 Å². The second-order valence-electron chi connectivity index (χ2n) is 3.97. The van der Waals surface area contributed by atoms with Crippen molar-refractivity contribution in [1.82, 2.24) is 5.32 Å². The minimum absolute atomic E-state index is 0.00625. The number of carbonyl (C=O) groups is 2. The van der Waals surface area contributed by atoms with E-state index < -0.39 is 5.97 Å². The smallest absolute Gasteiger partial charge is 0.305 e. The van der Waals surface area contributed by atoms with Crippen LogP contribution in [0.5, 0.6) is 0 Å². The molecular formula is C10H19NO3. The molecule has 82 valence electrons. The van der Waals surface area contributed by atoms with Crippen molar-refractivity contribution < 1.29 is 14.7 Å². The molecule has 4 heteroatoms. The third kappa shape index (κ3) is 7.58. The van der Waals surface area contributed by atoms with Crippen molar-refractivity contribution >= 4 is 11.9 Å². The number of nitrogens with one attached hydrogen (secondary N) is 1. The zero-order valence-corrected chi connectivity index (χ0v) is 9.04. The largest absolute Gasteiger partial charge is 0.481 e. The van der Waals surface area contributed by atoms with E-state index in [1.807, 2.05) is 0 Å². The summed E-state index contributed by atoms with van der Waals surface area (Å²) < 4.78 is 0. The molecule has 0 saturated carbocycles. The average molecular weight is 201 g/mol. The third-order valence-electron chi connectivity index (χ3n) is 1.92. The van der Waals surface area contributed by atoms with Gasteiger partial charge in [-0.3, -0.25) is 9.59 Å². The normalized spacial score (nSPS) is 12.6. The van der Waals surface area contributed by atoms with Crippen LogP contribution in [-0.2, 0) is 9.59 Å². The highest BCUT2D eigenvalue weighted by atomic mass is 16.4. The van der Waals surface area contributed by atoms with Gasteiger partial charge in [-0.2, -0.15) is 0 Å². The van der Waals surface area contributed by atoms with Gasteiger partial charge in [0.15, 0.2) is 0 Å². The van der Waals surface area contributed by atoms with Gasteiger partial charge >= 0.3 is 5.97 Å². The van der Waals surface area contributed by atoms with Gasteiger partial charge in [0, 0.05) is 13.0 Å². The number of carbonyl (C=O) groups excluding carboxylic acids is 1. The minimum atomic E-state index is -0.868. The topological polar surface area (TPSA) is 66.4 Å².